The molecule has 1 atom stereocenters. The summed E-state index contributed by atoms with van der Waals surface area (Å²) in [6.45, 7) is 2.99. The van der Waals surface area contributed by atoms with E-state index in [1.165, 1.54) is 26.0 Å². The smallest absolute Gasteiger partial charge is 0.336 e. The minimum Gasteiger partial charge on any atom is -0.508 e. The number of hydrogen-bond acceptors (Lipinski definition) is 5. The van der Waals surface area contributed by atoms with Crippen LogP contribution in [0.25, 0.3) is 11.0 Å². The average Bonchev–Trinajstić information content (AvgIpc) is 2.29. The lowest BCUT2D eigenvalue weighted by molar-refractivity contribution is -0.0471. The van der Waals surface area contributed by atoms with Crippen molar-refractivity contribution < 1.29 is 19.7 Å². The molecule has 0 aliphatic heterocycles. The van der Waals surface area contributed by atoms with Gasteiger partial charge in [0.1, 0.15) is 11.3 Å². The Morgan fingerprint density at radius 2 is 2.00 bits per heavy atom. The molecule has 3 N–H and O–H groups in total. The monoisotopic (exact) mass is 264 g/mol. The standard InChI is InChI=1S/C14H16O5/c1-14(2,18)12(16)6-9-5-8-3-4-13(17)19-11(8)7-10(9)15/h3-5,7,12,15-16,18H,6H2,1-2H3/t12-/m0/s1. The molecule has 0 amide bonds. The van der Waals surface area contributed by atoms with Crippen molar-refractivity contribution in [3.8, 4) is 5.75 Å². The Balaban J connectivity index is 2.42. The zero-order chi connectivity index (χ0) is 14.2. The van der Waals surface area contributed by atoms with Crippen molar-refractivity contribution >= 4 is 11.0 Å². The molecular weight excluding hydrogens is 248 g/mol. The second-order valence-corrected chi connectivity index (χ2v) is 5.15. The van der Waals surface area contributed by atoms with E-state index in [-0.39, 0.29) is 17.8 Å². The molecule has 1 aromatic carbocycles. The molecule has 2 aromatic rings. The minimum atomic E-state index is -1.26. The molecule has 0 saturated heterocycles. The Hall–Kier alpha value is -1.85. The third-order valence-corrected chi connectivity index (χ3v) is 3.05. The first-order chi connectivity index (χ1) is 8.77. The molecule has 1 aromatic heterocycles. The molecule has 0 fully saturated rings. The van der Waals surface area contributed by atoms with Gasteiger partial charge in [-0.1, -0.05) is 0 Å². The van der Waals surface area contributed by atoms with Crippen molar-refractivity contribution in [2.24, 2.45) is 0 Å². The Kier molecular flexibility index (Phi) is 3.34. The quantitative estimate of drug-likeness (QED) is 0.724. The molecule has 19 heavy (non-hydrogen) atoms. The van der Waals surface area contributed by atoms with Gasteiger partial charge in [-0.25, -0.2) is 4.79 Å². The Morgan fingerprint density at radius 3 is 2.63 bits per heavy atom. The van der Waals surface area contributed by atoms with Crippen LogP contribution in [0.4, 0.5) is 0 Å². The van der Waals surface area contributed by atoms with Crippen LogP contribution in [-0.4, -0.2) is 27.0 Å². The highest BCUT2D eigenvalue weighted by atomic mass is 16.4. The minimum absolute atomic E-state index is 0.0786. The summed E-state index contributed by atoms with van der Waals surface area (Å²) in [6, 6.07) is 5.84. The predicted molar refractivity (Wildman–Crippen MR) is 70.2 cm³/mol. The normalized spacial score (nSPS) is 13.7. The van der Waals surface area contributed by atoms with Crippen molar-refractivity contribution in [2.45, 2.75) is 32.0 Å². The maximum atomic E-state index is 11.1. The summed E-state index contributed by atoms with van der Waals surface area (Å²) in [5, 5.41) is 30.0. The molecule has 0 aliphatic rings. The molecule has 0 spiro atoms. The van der Waals surface area contributed by atoms with E-state index in [2.05, 4.69) is 0 Å². The molecule has 0 bridgehead atoms. The number of phenols is 1. The molecule has 0 aliphatic carbocycles. The summed E-state index contributed by atoms with van der Waals surface area (Å²) < 4.78 is 4.94. The van der Waals surface area contributed by atoms with Crippen LogP contribution in [0.5, 0.6) is 5.75 Å². The highest BCUT2D eigenvalue weighted by Gasteiger charge is 2.25. The van der Waals surface area contributed by atoms with Crippen molar-refractivity contribution in [1.29, 1.82) is 0 Å². The molecule has 5 nitrogen and oxygen atoms in total. The molecule has 0 saturated carbocycles. The van der Waals surface area contributed by atoms with E-state index in [9.17, 15) is 20.1 Å². The first kappa shape index (κ1) is 13.6. The van der Waals surface area contributed by atoms with Gasteiger partial charge in [0.25, 0.3) is 0 Å². The zero-order valence-corrected chi connectivity index (χ0v) is 10.8. The summed E-state index contributed by atoms with van der Waals surface area (Å²) in [5.74, 6) is -0.0786. The van der Waals surface area contributed by atoms with Crippen LogP contribution in [0.3, 0.4) is 0 Å². The maximum absolute atomic E-state index is 11.1. The van der Waals surface area contributed by atoms with E-state index in [1.807, 2.05) is 0 Å². The highest BCUT2D eigenvalue weighted by Crippen LogP contribution is 2.26. The predicted octanol–water partition coefficient (Wildman–Crippen LogP) is 1.17. The number of aliphatic hydroxyl groups is 2. The molecule has 102 valence electrons. The number of phenolic OH excluding ortho intramolecular Hbond substituents is 1. The number of aromatic hydroxyl groups is 1. The van der Waals surface area contributed by atoms with E-state index in [0.29, 0.717) is 10.9 Å². The topological polar surface area (TPSA) is 90.9 Å². The van der Waals surface area contributed by atoms with E-state index in [0.717, 1.165) is 0 Å². The first-order valence-electron chi connectivity index (χ1n) is 5.93. The second kappa shape index (κ2) is 4.68. The van der Waals surface area contributed by atoms with Gasteiger partial charge in [0.2, 0.25) is 0 Å². The van der Waals surface area contributed by atoms with Gasteiger partial charge >= 0.3 is 5.63 Å². The van der Waals surface area contributed by atoms with Gasteiger partial charge in [-0.05, 0) is 31.5 Å². The average molecular weight is 264 g/mol. The Bertz CT molecular complexity index is 651. The summed E-state index contributed by atoms with van der Waals surface area (Å²) >= 11 is 0. The number of aliphatic hydroxyl groups excluding tert-OH is 1. The second-order valence-electron chi connectivity index (χ2n) is 5.15. The van der Waals surface area contributed by atoms with Crippen molar-refractivity contribution in [1.82, 2.24) is 0 Å². The van der Waals surface area contributed by atoms with Gasteiger partial charge in [0.05, 0.1) is 11.7 Å². The van der Waals surface area contributed by atoms with Gasteiger partial charge in [-0.2, -0.15) is 0 Å². The van der Waals surface area contributed by atoms with Crippen molar-refractivity contribution in [3.63, 3.8) is 0 Å². The van der Waals surface area contributed by atoms with Crippen LogP contribution in [0, 0.1) is 0 Å². The van der Waals surface area contributed by atoms with Gasteiger partial charge < -0.3 is 19.7 Å². The molecule has 0 radical (unpaired) electrons. The van der Waals surface area contributed by atoms with Crippen LogP contribution in [0.15, 0.2) is 33.5 Å². The maximum Gasteiger partial charge on any atom is 0.336 e. The molecule has 5 heteroatoms. The zero-order valence-electron chi connectivity index (χ0n) is 10.8. The summed E-state index contributed by atoms with van der Waals surface area (Å²) in [7, 11) is 0. The third kappa shape index (κ3) is 2.94. The summed E-state index contributed by atoms with van der Waals surface area (Å²) in [5.41, 5.74) is -0.983. The number of benzene rings is 1. The Morgan fingerprint density at radius 1 is 1.32 bits per heavy atom. The largest absolute Gasteiger partial charge is 0.508 e. The highest BCUT2D eigenvalue weighted by molar-refractivity contribution is 5.79. The number of fused-ring (bicyclic) bond motifs is 1. The third-order valence-electron chi connectivity index (χ3n) is 3.05. The summed E-state index contributed by atoms with van der Waals surface area (Å²) in [6.07, 6.45) is -0.906. The van der Waals surface area contributed by atoms with E-state index in [4.69, 9.17) is 4.42 Å². The lowest BCUT2D eigenvalue weighted by Gasteiger charge is -2.24. The van der Waals surface area contributed by atoms with E-state index in [1.54, 1.807) is 12.1 Å². The lowest BCUT2D eigenvalue weighted by Crippen LogP contribution is -2.37. The van der Waals surface area contributed by atoms with Gasteiger partial charge in [0.15, 0.2) is 0 Å². The number of rotatable bonds is 3. The molecule has 0 unspecified atom stereocenters. The number of hydrogen-bond donors (Lipinski definition) is 3. The van der Waals surface area contributed by atoms with Gasteiger partial charge in [-0.3, -0.25) is 0 Å². The molecule has 1 heterocycles. The van der Waals surface area contributed by atoms with Crippen LogP contribution in [0.1, 0.15) is 19.4 Å². The Labute approximate surface area is 109 Å². The fourth-order valence-corrected chi connectivity index (χ4v) is 1.77. The van der Waals surface area contributed by atoms with Gasteiger partial charge in [0, 0.05) is 23.9 Å². The van der Waals surface area contributed by atoms with E-state index < -0.39 is 17.3 Å². The first-order valence-corrected chi connectivity index (χ1v) is 5.93. The van der Waals surface area contributed by atoms with Crippen LogP contribution in [-0.2, 0) is 6.42 Å². The fourth-order valence-electron chi connectivity index (χ4n) is 1.77. The SMILES string of the molecule is CC(C)(O)[C@@H](O)Cc1cc2ccc(=O)oc2cc1O. The van der Waals surface area contributed by atoms with Crippen LogP contribution >= 0.6 is 0 Å². The van der Waals surface area contributed by atoms with Crippen molar-refractivity contribution in [3.05, 3.63) is 40.2 Å². The molecule has 2 rings (SSSR count). The van der Waals surface area contributed by atoms with Crippen LogP contribution in [0.2, 0.25) is 0 Å². The summed E-state index contributed by atoms with van der Waals surface area (Å²) in [4.78, 5) is 11.1. The van der Waals surface area contributed by atoms with Crippen molar-refractivity contribution in [2.75, 3.05) is 0 Å². The van der Waals surface area contributed by atoms with E-state index >= 15 is 0 Å². The lowest BCUT2D eigenvalue weighted by atomic mass is 9.94. The van der Waals surface area contributed by atoms with Crippen LogP contribution < -0.4 is 5.63 Å². The fraction of sp³-hybridized carbons (Fsp3) is 0.357. The molecular formula is C14H16O5. The van der Waals surface area contributed by atoms with Gasteiger partial charge in [-0.15, -0.1) is 0 Å².